The maximum Gasteiger partial charge on any atom is 0.276 e. The summed E-state index contributed by atoms with van der Waals surface area (Å²) < 4.78 is 0. The van der Waals surface area contributed by atoms with E-state index < -0.39 is 0 Å². The standard InChI is InChI=1S/C5H11NOS/c1-3-4(2)6-5(7)8/h4H,3H2,1-2H3,(H2,6,7,8). The van der Waals surface area contributed by atoms with Crippen molar-refractivity contribution < 1.29 is 4.79 Å². The number of nitrogens with one attached hydrogen (secondary N) is 1. The van der Waals surface area contributed by atoms with Crippen molar-refractivity contribution in [3.63, 3.8) is 0 Å². The van der Waals surface area contributed by atoms with Gasteiger partial charge in [0.15, 0.2) is 0 Å². The second-order valence-electron chi connectivity index (χ2n) is 1.76. The fraction of sp³-hybridized carbons (Fsp3) is 0.800. The monoisotopic (exact) mass is 133 g/mol. The Hall–Kier alpha value is -0.180. The van der Waals surface area contributed by atoms with Crippen LogP contribution in [0.1, 0.15) is 20.3 Å². The van der Waals surface area contributed by atoms with Crippen LogP contribution in [0.25, 0.3) is 0 Å². The maximum atomic E-state index is 10.2. The van der Waals surface area contributed by atoms with Gasteiger partial charge >= 0.3 is 0 Å². The van der Waals surface area contributed by atoms with Crippen molar-refractivity contribution in [3.05, 3.63) is 0 Å². The van der Waals surface area contributed by atoms with Crippen LogP contribution in [0.5, 0.6) is 0 Å². The molecule has 2 nitrogen and oxygen atoms in total. The highest BCUT2D eigenvalue weighted by Gasteiger charge is 1.97. The first kappa shape index (κ1) is 7.82. The van der Waals surface area contributed by atoms with Gasteiger partial charge in [0.05, 0.1) is 0 Å². The predicted molar refractivity (Wildman–Crippen MR) is 37.3 cm³/mol. The van der Waals surface area contributed by atoms with Gasteiger partial charge in [0.25, 0.3) is 5.24 Å². The zero-order chi connectivity index (χ0) is 6.57. The molecule has 0 heterocycles. The molecule has 0 saturated carbocycles. The Bertz CT molecular complexity index is 84.5. The molecule has 0 aliphatic heterocycles. The summed E-state index contributed by atoms with van der Waals surface area (Å²) in [5.41, 5.74) is 0. The van der Waals surface area contributed by atoms with Gasteiger partial charge in [-0.25, -0.2) is 0 Å². The second kappa shape index (κ2) is 3.78. The van der Waals surface area contributed by atoms with E-state index in [-0.39, 0.29) is 11.3 Å². The van der Waals surface area contributed by atoms with Crippen molar-refractivity contribution in [2.24, 2.45) is 0 Å². The van der Waals surface area contributed by atoms with Crippen molar-refractivity contribution in [1.82, 2.24) is 5.32 Å². The van der Waals surface area contributed by atoms with E-state index >= 15 is 0 Å². The molecule has 0 aliphatic rings. The SMILES string of the molecule is CCC(C)NC(=O)S. The molecule has 8 heavy (non-hydrogen) atoms. The minimum atomic E-state index is -0.251. The summed E-state index contributed by atoms with van der Waals surface area (Å²) in [5.74, 6) is 0. The van der Waals surface area contributed by atoms with Crippen LogP contribution in [0.4, 0.5) is 4.79 Å². The topological polar surface area (TPSA) is 29.1 Å². The fourth-order valence-corrected chi connectivity index (χ4v) is 0.533. The van der Waals surface area contributed by atoms with E-state index in [1.807, 2.05) is 13.8 Å². The normalized spacial score (nSPS) is 12.9. The summed E-state index contributed by atoms with van der Waals surface area (Å²) in [6.45, 7) is 3.95. The summed E-state index contributed by atoms with van der Waals surface area (Å²) in [7, 11) is 0. The Morgan fingerprint density at radius 1 is 1.88 bits per heavy atom. The molecule has 0 aromatic rings. The molecule has 48 valence electrons. The molecule has 0 bridgehead atoms. The predicted octanol–water partition coefficient (Wildman–Crippen LogP) is 1.42. The lowest BCUT2D eigenvalue weighted by molar-refractivity contribution is 0.258. The van der Waals surface area contributed by atoms with Gasteiger partial charge in [-0.1, -0.05) is 19.6 Å². The molecule has 0 saturated heterocycles. The summed E-state index contributed by atoms with van der Waals surface area (Å²) in [6, 6.07) is 0.250. The molecular formula is C5H11NOS. The quantitative estimate of drug-likeness (QED) is 0.548. The Balaban J connectivity index is 3.24. The summed E-state index contributed by atoms with van der Waals surface area (Å²) in [5, 5.41) is 2.37. The van der Waals surface area contributed by atoms with Gasteiger partial charge in [-0.05, 0) is 13.3 Å². The molecule has 0 spiro atoms. The first-order valence-corrected chi connectivity index (χ1v) is 3.11. The van der Waals surface area contributed by atoms with E-state index in [2.05, 4.69) is 17.9 Å². The summed E-state index contributed by atoms with van der Waals surface area (Å²) in [6.07, 6.45) is 0.951. The Morgan fingerprint density at radius 3 is 2.50 bits per heavy atom. The largest absolute Gasteiger partial charge is 0.345 e. The van der Waals surface area contributed by atoms with Gasteiger partial charge in [0.1, 0.15) is 0 Å². The van der Waals surface area contributed by atoms with Crippen LogP contribution in [0, 0.1) is 0 Å². The van der Waals surface area contributed by atoms with Gasteiger partial charge in [-0.3, -0.25) is 4.79 Å². The smallest absolute Gasteiger partial charge is 0.276 e. The number of carbonyl (C=O) groups excluding carboxylic acids is 1. The average Bonchev–Trinajstić information content (AvgIpc) is 1.65. The zero-order valence-electron chi connectivity index (χ0n) is 5.14. The molecule has 1 amide bonds. The number of rotatable bonds is 2. The number of amides is 1. The van der Waals surface area contributed by atoms with E-state index in [0.717, 1.165) is 6.42 Å². The third kappa shape index (κ3) is 3.99. The number of hydrogen-bond acceptors (Lipinski definition) is 1. The molecule has 0 aromatic heterocycles. The lowest BCUT2D eigenvalue weighted by Crippen LogP contribution is -2.27. The molecule has 0 fully saturated rings. The Labute approximate surface area is 55.1 Å². The van der Waals surface area contributed by atoms with Crippen molar-refractivity contribution in [2.45, 2.75) is 26.3 Å². The lowest BCUT2D eigenvalue weighted by Gasteiger charge is -2.06. The van der Waals surface area contributed by atoms with Crippen LogP contribution < -0.4 is 5.32 Å². The van der Waals surface area contributed by atoms with Crippen molar-refractivity contribution in [1.29, 1.82) is 0 Å². The Kier molecular flexibility index (Phi) is 3.69. The van der Waals surface area contributed by atoms with Crippen LogP contribution >= 0.6 is 12.6 Å². The van der Waals surface area contributed by atoms with Gasteiger partial charge in [0, 0.05) is 6.04 Å². The number of carbonyl (C=O) groups is 1. The van der Waals surface area contributed by atoms with Gasteiger partial charge in [-0.2, -0.15) is 0 Å². The highest BCUT2D eigenvalue weighted by molar-refractivity contribution is 7.96. The first-order valence-electron chi connectivity index (χ1n) is 2.66. The highest BCUT2D eigenvalue weighted by atomic mass is 32.1. The van der Waals surface area contributed by atoms with Crippen LogP contribution in [0.3, 0.4) is 0 Å². The Morgan fingerprint density at radius 2 is 2.38 bits per heavy atom. The van der Waals surface area contributed by atoms with Crippen LogP contribution in [-0.4, -0.2) is 11.3 Å². The molecule has 1 atom stereocenters. The minimum absolute atomic E-state index is 0.250. The van der Waals surface area contributed by atoms with Gasteiger partial charge in [0.2, 0.25) is 0 Å². The molecule has 1 unspecified atom stereocenters. The van der Waals surface area contributed by atoms with Crippen molar-refractivity contribution >= 4 is 17.9 Å². The molecule has 0 aromatic carbocycles. The third-order valence-electron chi connectivity index (χ3n) is 0.982. The van der Waals surface area contributed by atoms with Gasteiger partial charge in [-0.15, -0.1) is 0 Å². The average molecular weight is 133 g/mol. The summed E-state index contributed by atoms with van der Waals surface area (Å²) >= 11 is 3.54. The fourth-order valence-electron chi connectivity index (χ4n) is 0.313. The van der Waals surface area contributed by atoms with Gasteiger partial charge < -0.3 is 5.32 Å². The van der Waals surface area contributed by atoms with E-state index in [9.17, 15) is 4.79 Å². The summed E-state index contributed by atoms with van der Waals surface area (Å²) in [4.78, 5) is 10.2. The second-order valence-corrected chi connectivity index (χ2v) is 2.16. The van der Waals surface area contributed by atoms with Crippen LogP contribution in [-0.2, 0) is 0 Å². The minimum Gasteiger partial charge on any atom is -0.345 e. The number of hydrogen-bond donors (Lipinski definition) is 2. The molecule has 0 radical (unpaired) electrons. The van der Waals surface area contributed by atoms with E-state index in [1.165, 1.54) is 0 Å². The van der Waals surface area contributed by atoms with Crippen molar-refractivity contribution in [2.75, 3.05) is 0 Å². The molecule has 3 heteroatoms. The van der Waals surface area contributed by atoms with Crippen LogP contribution in [0.15, 0.2) is 0 Å². The zero-order valence-corrected chi connectivity index (χ0v) is 6.03. The van der Waals surface area contributed by atoms with Crippen molar-refractivity contribution in [3.8, 4) is 0 Å². The molecule has 1 N–H and O–H groups in total. The molecule has 0 aliphatic carbocycles. The molecule has 0 rings (SSSR count). The number of thiol groups is 1. The lowest BCUT2D eigenvalue weighted by atomic mass is 10.3. The highest BCUT2D eigenvalue weighted by Crippen LogP contribution is 1.88. The third-order valence-corrected chi connectivity index (χ3v) is 1.11. The van der Waals surface area contributed by atoms with Crippen LogP contribution in [0.2, 0.25) is 0 Å². The van der Waals surface area contributed by atoms with E-state index in [1.54, 1.807) is 0 Å². The van der Waals surface area contributed by atoms with E-state index in [0.29, 0.717) is 0 Å². The maximum absolute atomic E-state index is 10.2. The molecular weight excluding hydrogens is 122 g/mol. The van der Waals surface area contributed by atoms with E-state index in [4.69, 9.17) is 0 Å². The first-order chi connectivity index (χ1) is 3.66.